The second-order valence-electron chi connectivity index (χ2n) is 5.85. The molecule has 140 valence electrons. The molecule has 0 fully saturated rings. The summed E-state index contributed by atoms with van der Waals surface area (Å²) in [5.41, 5.74) is 2.27. The topological polar surface area (TPSA) is 80.4 Å². The summed E-state index contributed by atoms with van der Waals surface area (Å²) in [4.78, 5) is 27.5. The first-order valence-electron chi connectivity index (χ1n) is 8.32. The van der Waals surface area contributed by atoms with Crippen molar-refractivity contribution in [3.63, 3.8) is 0 Å². The van der Waals surface area contributed by atoms with Crippen molar-refractivity contribution >= 4 is 11.9 Å². The van der Waals surface area contributed by atoms with E-state index in [-0.39, 0.29) is 24.9 Å². The Labute approximate surface area is 151 Å². The number of ether oxygens (including phenoxy) is 2. The standard InChI is InChI=1S/C19H23FN2O4/c1-12-16(19(24)26-11-10-25-3)13(2)22-17(12)18(23)21-9-8-14-6-4-5-7-15(14)20/h4-7,22H,8-11H2,1-3H3,(H,21,23). The molecule has 26 heavy (non-hydrogen) atoms. The Kier molecular flexibility index (Phi) is 6.91. The smallest absolute Gasteiger partial charge is 0.340 e. The van der Waals surface area contributed by atoms with Crippen LogP contribution < -0.4 is 5.32 Å². The summed E-state index contributed by atoms with van der Waals surface area (Å²) in [7, 11) is 1.52. The Morgan fingerprint density at radius 3 is 2.62 bits per heavy atom. The molecule has 6 nitrogen and oxygen atoms in total. The number of aromatic nitrogens is 1. The highest BCUT2D eigenvalue weighted by Crippen LogP contribution is 2.19. The van der Waals surface area contributed by atoms with Gasteiger partial charge in [0.05, 0.1) is 12.2 Å². The number of H-pyrrole nitrogens is 1. The van der Waals surface area contributed by atoms with Crippen molar-refractivity contribution in [2.24, 2.45) is 0 Å². The van der Waals surface area contributed by atoms with Crippen molar-refractivity contribution in [1.82, 2.24) is 10.3 Å². The van der Waals surface area contributed by atoms with Crippen LogP contribution in [0.25, 0.3) is 0 Å². The summed E-state index contributed by atoms with van der Waals surface area (Å²) in [6, 6.07) is 6.44. The number of esters is 1. The molecule has 1 amide bonds. The SMILES string of the molecule is COCCOC(=O)c1c(C)[nH]c(C(=O)NCCc2ccccc2F)c1C. The number of aromatic amines is 1. The van der Waals surface area contributed by atoms with Crippen molar-refractivity contribution in [3.8, 4) is 0 Å². The van der Waals surface area contributed by atoms with E-state index in [0.717, 1.165) is 0 Å². The van der Waals surface area contributed by atoms with Crippen LogP contribution >= 0.6 is 0 Å². The maximum atomic E-state index is 13.6. The lowest BCUT2D eigenvalue weighted by Crippen LogP contribution is -2.27. The molecule has 2 N–H and O–H groups in total. The van der Waals surface area contributed by atoms with Crippen molar-refractivity contribution in [2.45, 2.75) is 20.3 Å². The average Bonchev–Trinajstić information content (AvgIpc) is 2.91. The van der Waals surface area contributed by atoms with Crippen LogP contribution in [0, 0.1) is 19.7 Å². The molecular weight excluding hydrogens is 339 g/mol. The number of nitrogens with one attached hydrogen (secondary N) is 2. The van der Waals surface area contributed by atoms with E-state index in [2.05, 4.69) is 10.3 Å². The molecule has 0 atom stereocenters. The van der Waals surface area contributed by atoms with E-state index in [0.29, 0.717) is 41.1 Å². The maximum absolute atomic E-state index is 13.6. The number of carbonyl (C=O) groups excluding carboxylic acids is 2. The van der Waals surface area contributed by atoms with Crippen LogP contribution in [0.3, 0.4) is 0 Å². The molecule has 0 saturated carbocycles. The van der Waals surface area contributed by atoms with Crippen LogP contribution in [0.1, 0.15) is 37.7 Å². The minimum Gasteiger partial charge on any atom is -0.460 e. The zero-order valence-corrected chi connectivity index (χ0v) is 15.1. The van der Waals surface area contributed by atoms with Gasteiger partial charge < -0.3 is 19.8 Å². The van der Waals surface area contributed by atoms with Crippen LogP contribution in [0.15, 0.2) is 24.3 Å². The number of hydrogen-bond donors (Lipinski definition) is 2. The predicted molar refractivity (Wildman–Crippen MR) is 94.9 cm³/mol. The third kappa shape index (κ3) is 4.70. The predicted octanol–water partition coefficient (Wildman–Crippen LogP) is 2.55. The molecule has 0 spiro atoms. The second kappa shape index (κ2) is 9.15. The van der Waals surface area contributed by atoms with Gasteiger partial charge >= 0.3 is 5.97 Å². The largest absolute Gasteiger partial charge is 0.460 e. The van der Waals surface area contributed by atoms with Crippen LogP contribution in [0.4, 0.5) is 4.39 Å². The Balaban J connectivity index is 2.00. The van der Waals surface area contributed by atoms with Gasteiger partial charge in [-0.15, -0.1) is 0 Å². The Bertz CT molecular complexity index is 786. The number of hydrogen-bond acceptors (Lipinski definition) is 4. The summed E-state index contributed by atoms with van der Waals surface area (Å²) in [6.45, 7) is 4.12. The molecule has 1 heterocycles. The molecule has 0 bridgehead atoms. The van der Waals surface area contributed by atoms with E-state index in [1.807, 2.05) is 0 Å². The monoisotopic (exact) mass is 362 g/mol. The summed E-state index contributed by atoms with van der Waals surface area (Å²) >= 11 is 0. The van der Waals surface area contributed by atoms with Gasteiger partial charge in [0.15, 0.2) is 0 Å². The molecule has 0 radical (unpaired) electrons. The highest BCUT2D eigenvalue weighted by molar-refractivity contribution is 6.00. The van der Waals surface area contributed by atoms with E-state index >= 15 is 0 Å². The van der Waals surface area contributed by atoms with Gasteiger partial charge in [-0.25, -0.2) is 9.18 Å². The van der Waals surface area contributed by atoms with E-state index in [9.17, 15) is 14.0 Å². The molecule has 0 aliphatic carbocycles. The first kappa shape index (κ1) is 19.7. The molecule has 2 aromatic rings. The number of amides is 1. The minimum absolute atomic E-state index is 0.142. The number of rotatable bonds is 8. The summed E-state index contributed by atoms with van der Waals surface area (Å²) in [5, 5.41) is 2.74. The number of aryl methyl sites for hydroxylation is 1. The van der Waals surface area contributed by atoms with Gasteiger partial charge in [-0.05, 0) is 37.5 Å². The molecule has 0 aliphatic heterocycles. The molecular formula is C19H23FN2O4. The van der Waals surface area contributed by atoms with Gasteiger partial charge in [-0.1, -0.05) is 18.2 Å². The van der Waals surface area contributed by atoms with Crippen LogP contribution in [-0.4, -0.2) is 43.7 Å². The van der Waals surface area contributed by atoms with Crippen molar-refractivity contribution in [1.29, 1.82) is 0 Å². The quantitative estimate of drug-likeness (QED) is 0.559. The van der Waals surface area contributed by atoms with Gasteiger partial charge in [0, 0.05) is 19.3 Å². The summed E-state index contributed by atoms with van der Waals surface area (Å²) < 4.78 is 23.6. The van der Waals surface area contributed by atoms with Gasteiger partial charge in [-0.2, -0.15) is 0 Å². The van der Waals surface area contributed by atoms with Crippen LogP contribution in [0.5, 0.6) is 0 Å². The third-order valence-corrected chi connectivity index (χ3v) is 4.03. The van der Waals surface area contributed by atoms with Gasteiger partial charge in [0.1, 0.15) is 18.1 Å². The van der Waals surface area contributed by atoms with E-state index in [4.69, 9.17) is 9.47 Å². The number of halogens is 1. The lowest BCUT2D eigenvalue weighted by atomic mass is 10.1. The number of methoxy groups -OCH3 is 1. The number of benzene rings is 1. The fourth-order valence-electron chi connectivity index (χ4n) is 2.67. The first-order valence-corrected chi connectivity index (χ1v) is 8.32. The van der Waals surface area contributed by atoms with E-state index in [1.165, 1.54) is 13.2 Å². The van der Waals surface area contributed by atoms with E-state index in [1.54, 1.807) is 32.0 Å². The normalized spacial score (nSPS) is 10.6. The lowest BCUT2D eigenvalue weighted by Gasteiger charge is -2.07. The lowest BCUT2D eigenvalue weighted by molar-refractivity contribution is 0.0387. The number of carbonyl (C=O) groups is 2. The Morgan fingerprint density at radius 1 is 1.19 bits per heavy atom. The van der Waals surface area contributed by atoms with Gasteiger partial charge in [-0.3, -0.25) is 4.79 Å². The summed E-state index contributed by atoms with van der Waals surface area (Å²) in [5.74, 6) is -1.15. The average molecular weight is 362 g/mol. The maximum Gasteiger partial charge on any atom is 0.340 e. The fraction of sp³-hybridized carbons (Fsp3) is 0.368. The zero-order valence-electron chi connectivity index (χ0n) is 15.1. The van der Waals surface area contributed by atoms with E-state index < -0.39 is 5.97 Å². The van der Waals surface area contributed by atoms with Crippen molar-refractivity contribution in [3.05, 3.63) is 58.2 Å². The molecule has 7 heteroatoms. The Morgan fingerprint density at radius 2 is 1.92 bits per heavy atom. The van der Waals surface area contributed by atoms with Gasteiger partial charge in [0.25, 0.3) is 5.91 Å². The Hall–Kier alpha value is -2.67. The zero-order chi connectivity index (χ0) is 19.1. The van der Waals surface area contributed by atoms with Crippen molar-refractivity contribution in [2.75, 3.05) is 26.9 Å². The van der Waals surface area contributed by atoms with Crippen LogP contribution in [-0.2, 0) is 15.9 Å². The second-order valence-corrected chi connectivity index (χ2v) is 5.85. The third-order valence-electron chi connectivity index (χ3n) is 4.03. The van der Waals surface area contributed by atoms with Crippen molar-refractivity contribution < 1.29 is 23.5 Å². The molecule has 0 unspecified atom stereocenters. The fourth-order valence-corrected chi connectivity index (χ4v) is 2.67. The molecule has 1 aromatic carbocycles. The first-order chi connectivity index (χ1) is 12.5. The molecule has 1 aromatic heterocycles. The minimum atomic E-state index is -0.501. The molecule has 2 rings (SSSR count). The molecule has 0 aliphatic rings. The highest BCUT2D eigenvalue weighted by atomic mass is 19.1. The molecule has 0 saturated heterocycles. The summed E-state index contributed by atoms with van der Waals surface area (Å²) in [6.07, 6.45) is 0.378. The highest BCUT2D eigenvalue weighted by Gasteiger charge is 2.22. The van der Waals surface area contributed by atoms with Crippen LogP contribution in [0.2, 0.25) is 0 Å². The van der Waals surface area contributed by atoms with Gasteiger partial charge in [0.2, 0.25) is 0 Å².